The molecule has 8 nitrogen and oxygen atoms in total. The molecule has 0 saturated heterocycles. The average molecular weight is 423 g/mol. The van der Waals surface area contributed by atoms with Gasteiger partial charge in [0.25, 0.3) is 5.69 Å². The normalized spacial score (nSPS) is 12.0. The Labute approximate surface area is 176 Å². The average Bonchev–Trinajstić information content (AvgIpc) is 3.06. The first-order valence-corrected chi connectivity index (χ1v) is 9.31. The number of fused-ring (bicyclic) bond motifs is 1. The molecule has 30 heavy (non-hydrogen) atoms. The lowest BCUT2D eigenvalue weighted by molar-refractivity contribution is 0.627. The van der Waals surface area contributed by atoms with E-state index in [4.69, 9.17) is 23.9 Å². The lowest BCUT2D eigenvalue weighted by Gasteiger charge is -2.19. The lowest BCUT2D eigenvalue weighted by Crippen LogP contribution is -2.12. The summed E-state index contributed by atoms with van der Waals surface area (Å²) in [5.41, 5.74) is 9.06. The van der Waals surface area contributed by atoms with Crippen molar-refractivity contribution in [2.24, 2.45) is 0 Å². The molecule has 3 aromatic heterocycles. The fourth-order valence-electron chi connectivity index (χ4n) is 3.22. The number of anilines is 2. The first-order chi connectivity index (χ1) is 14.4. The smallest absolute Gasteiger partial charge is 0.268 e. The zero-order valence-electron chi connectivity index (χ0n) is 16.1. The predicted octanol–water partition coefficient (Wildman–Crippen LogP) is 4.59. The van der Waals surface area contributed by atoms with Gasteiger partial charge in [-0.05, 0) is 43.7 Å². The van der Waals surface area contributed by atoms with Crippen molar-refractivity contribution in [2.45, 2.75) is 19.9 Å². The fraction of sp³-hybridized carbons (Fsp3) is 0.150. The second-order valence-corrected chi connectivity index (χ2v) is 7.14. The van der Waals surface area contributed by atoms with Gasteiger partial charge in [-0.25, -0.2) is 28.7 Å². The van der Waals surface area contributed by atoms with E-state index < -0.39 is 0 Å². The Bertz CT molecular complexity index is 1290. The molecule has 0 aliphatic carbocycles. The molecule has 3 heterocycles. The first-order valence-electron chi connectivity index (χ1n) is 8.93. The Morgan fingerprint density at radius 2 is 2.03 bits per heavy atom. The molecule has 150 valence electrons. The van der Waals surface area contributed by atoms with Gasteiger partial charge in [0.15, 0.2) is 10.8 Å². The van der Waals surface area contributed by atoms with Gasteiger partial charge in [0.05, 0.1) is 24.5 Å². The molecule has 3 N–H and O–H groups in total. The number of nitrogens with zero attached hydrogens (tertiary/aromatic N) is 6. The summed E-state index contributed by atoms with van der Waals surface area (Å²) in [6, 6.07) is 6.14. The van der Waals surface area contributed by atoms with E-state index in [2.05, 4.69) is 30.2 Å². The minimum absolute atomic E-state index is 0.0873. The van der Waals surface area contributed by atoms with E-state index >= 15 is 0 Å². The van der Waals surface area contributed by atoms with Crippen molar-refractivity contribution >= 4 is 34.6 Å². The molecule has 1 atom stereocenters. The van der Waals surface area contributed by atoms with Crippen LogP contribution in [0.5, 0.6) is 0 Å². The molecule has 10 heteroatoms. The van der Waals surface area contributed by atoms with E-state index in [1.807, 2.05) is 26.0 Å². The summed E-state index contributed by atoms with van der Waals surface area (Å²) in [6.45, 7) is 11.0. The molecule has 0 bridgehead atoms. The Kier molecular flexibility index (Phi) is 4.93. The highest BCUT2D eigenvalue weighted by atomic mass is 35.5. The van der Waals surface area contributed by atoms with Gasteiger partial charge in [-0.15, -0.1) is 0 Å². The molecule has 0 spiro atoms. The van der Waals surface area contributed by atoms with Crippen LogP contribution in [0.1, 0.15) is 24.1 Å². The van der Waals surface area contributed by atoms with Crippen LogP contribution in [-0.2, 0) is 0 Å². The van der Waals surface area contributed by atoms with Crippen LogP contribution in [-0.4, -0.2) is 24.6 Å². The molecule has 0 amide bonds. The Morgan fingerprint density at radius 1 is 1.23 bits per heavy atom. The number of nitrogens with one attached hydrogen (secondary N) is 1. The zero-order valence-corrected chi connectivity index (χ0v) is 16.8. The highest BCUT2D eigenvalue weighted by Gasteiger charge is 2.20. The second-order valence-electron chi connectivity index (χ2n) is 6.75. The summed E-state index contributed by atoms with van der Waals surface area (Å²) in [4.78, 5) is 15.7. The first kappa shape index (κ1) is 19.5. The third-order valence-corrected chi connectivity index (χ3v) is 4.84. The Balaban J connectivity index is 1.87. The van der Waals surface area contributed by atoms with E-state index in [1.165, 1.54) is 29.2 Å². The summed E-state index contributed by atoms with van der Waals surface area (Å²) >= 11 is 6.20. The van der Waals surface area contributed by atoms with Gasteiger partial charge in [-0.3, -0.25) is 0 Å². The van der Waals surface area contributed by atoms with E-state index in [0.717, 1.165) is 11.1 Å². The fourth-order valence-corrected chi connectivity index (χ4v) is 3.39. The minimum atomic E-state index is -0.369. The zero-order chi connectivity index (χ0) is 21.4. The van der Waals surface area contributed by atoms with Crippen molar-refractivity contribution in [1.82, 2.24) is 24.6 Å². The van der Waals surface area contributed by atoms with Crippen LogP contribution < -0.4 is 11.1 Å². The monoisotopic (exact) mass is 422 g/mol. The number of aryl methyl sites for hydroxylation is 1. The third-order valence-electron chi connectivity index (χ3n) is 4.58. The van der Waals surface area contributed by atoms with Crippen molar-refractivity contribution in [1.29, 1.82) is 0 Å². The molecule has 4 aromatic rings. The quantitative estimate of drug-likeness (QED) is 0.466. The van der Waals surface area contributed by atoms with Crippen molar-refractivity contribution in [3.05, 3.63) is 70.3 Å². The summed E-state index contributed by atoms with van der Waals surface area (Å²) in [5, 5.41) is 8.13. The molecule has 1 aromatic carbocycles. The number of nitrogens with two attached hydrogens (primary N) is 1. The van der Waals surface area contributed by atoms with Crippen LogP contribution in [0, 0.1) is 19.3 Å². The van der Waals surface area contributed by atoms with Crippen LogP contribution in [0.15, 0.2) is 36.8 Å². The van der Waals surface area contributed by atoms with E-state index in [1.54, 1.807) is 0 Å². The number of benzene rings is 1. The topological polar surface area (TPSA) is 98.4 Å². The van der Waals surface area contributed by atoms with Crippen LogP contribution in [0.3, 0.4) is 0 Å². The minimum Gasteiger partial charge on any atom is -0.392 e. The largest absolute Gasteiger partial charge is 0.392 e. The number of rotatable bonds is 4. The maximum atomic E-state index is 14.1. The molecule has 0 fully saturated rings. The van der Waals surface area contributed by atoms with Gasteiger partial charge < -0.3 is 11.1 Å². The van der Waals surface area contributed by atoms with Crippen molar-refractivity contribution < 1.29 is 4.39 Å². The molecule has 4 rings (SSSR count). The van der Waals surface area contributed by atoms with Crippen LogP contribution >= 0.6 is 11.6 Å². The summed E-state index contributed by atoms with van der Waals surface area (Å²) in [5.74, 6) is 0.0194. The van der Waals surface area contributed by atoms with Gasteiger partial charge in [-0.1, -0.05) is 11.6 Å². The summed E-state index contributed by atoms with van der Waals surface area (Å²) < 4.78 is 15.6. The van der Waals surface area contributed by atoms with Crippen LogP contribution in [0.2, 0.25) is 5.15 Å². The molecular weight excluding hydrogens is 407 g/mol. The molecule has 0 saturated carbocycles. The standard InChI is InChI=1S/C20H16ClFN8/c1-10-4-12(6-13(22)5-10)17-14(7-16-25-8-15(21)30(16)29-17)11(2)28-20-18(24-3)19(23)26-9-27-20/h4-9,11H,1-2H3,(H3,23,26,27,28)/t11-/m0/s1. The number of hydrogen-bond donors (Lipinski definition) is 2. The van der Waals surface area contributed by atoms with Gasteiger partial charge in [-0.2, -0.15) is 5.10 Å². The van der Waals surface area contributed by atoms with E-state index in [0.29, 0.717) is 27.9 Å². The lowest BCUT2D eigenvalue weighted by atomic mass is 10.00. The molecule has 0 aliphatic heterocycles. The highest BCUT2D eigenvalue weighted by Crippen LogP contribution is 2.34. The number of hydrogen-bond acceptors (Lipinski definition) is 6. The highest BCUT2D eigenvalue weighted by molar-refractivity contribution is 6.29. The maximum Gasteiger partial charge on any atom is 0.268 e. The van der Waals surface area contributed by atoms with Gasteiger partial charge in [0.1, 0.15) is 23.8 Å². The summed E-state index contributed by atoms with van der Waals surface area (Å²) in [7, 11) is 0. The molecule has 0 unspecified atom stereocenters. The number of aromatic nitrogens is 5. The van der Waals surface area contributed by atoms with Crippen molar-refractivity contribution in [2.75, 3.05) is 11.1 Å². The molecular formula is C20H16ClFN8. The van der Waals surface area contributed by atoms with Gasteiger partial charge >= 0.3 is 0 Å². The van der Waals surface area contributed by atoms with Crippen molar-refractivity contribution in [3.8, 4) is 11.3 Å². The van der Waals surface area contributed by atoms with E-state index in [-0.39, 0.29) is 23.4 Å². The molecule has 0 radical (unpaired) electrons. The number of imidazole rings is 1. The van der Waals surface area contributed by atoms with Gasteiger partial charge in [0.2, 0.25) is 0 Å². The number of halogens is 2. The maximum absolute atomic E-state index is 14.1. The Morgan fingerprint density at radius 3 is 2.77 bits per heavy atom. The van der Waals surface area contributed by atoms with Crippen molar-refractivity contribution in [3.63, 3.8) is 0 Å². The SMILES string of the molecule is [C-]#[N+]c1c(N)ncnc1N[C@@H](C)c1cc2ncc(Cl)n2nc1-c1cc(C)cc(F)c1. The second kappa shape index (κ2) is 7.57. The molecule has 0 aliphatic rings. The predicted molar refractivity (Wildman–Crippen MR) is 113 cm³/mol. The van der Waals surface area contributed by atoms with Gasteiger partial charge in [0, 0.05) is 11.1 Å². The summed E-state index contributed by atoms with van der Waals surface area (Å²) in [6.07, 6.45) is 2.78. The van der Waals surface area contributed by atoms with Crippen LogP contribution in [0.4, 0.5) is 21.7 Å². The third kappa shape index (κ3) is 3.49. The van der Waals surface area contributed by atoms with Crippen LogP contribution in [0.25, 0.3) is 21.7 Å². The Hall–Kier alpha value is -3.77. The number of nitrogen functional groups attached to an aromatic ring is 1. The van der Waals surface area contributed by atoms with E-state index in [9.17, 15) is 4.39 Å².